The van der Waals surface area contributed by atoms with Gasteiger partial charge in [-0.2, -0.15) is 0 Å². The molecule has 3 aromatic rings. The van der Waals surface area contributed by atoms with E-state index in [2.05, 4.69) is 10.6 Å². The van der Waals surface area contributed by atoms with Crippen LogP contribution in [-0.4, -0.2) is 18.9 Å². The second kappa shape index (κ2) is 6.79. The van der Waals surface area contributed by atoms with E-state index in [0.29, 0.717) is 11.4 Å². The molecule has 1 aliphatic heterocycles. The Morgan fingerprint density at radius 3 is 2.89 bits per heavy atom. The summed E-state index contributed by atoms with van der Waals surface area (Å²) in [5.41, 5.74) is 3.21. The molecule has 1 atom stereocenters. The molecule has 0 bridgehead atoms. The molecule has 1 unspecified atom stereocenters. The molecule has 2 amide bonds. The Hall–Kier alpha value is -3.28. The SMILES string of the molecule is COc1ccc2c(c1)C(C(=O)NCc1oc3ccccc3c1C)CC(=O)N2. The number of hydrogen-bond donors (Lipinski definition) is 2. The van der Waals surface area contributed by atoms with Crippen molar-refractivity contribution in [3.05, 3.63) is 59.4 Å². The summed E-state index contributed by atoms with van der Waals surface area (Å²) in [7, 11) is 1.57. The number of nitrogens with one attached hydrogen (secondary N) is 2. The van der Waals surface area contributed by atoms with Gasteiger partial charge in [0.05, 0.1) is 19.6 Å². The van der Waals surface area contributed by atoms with E-state index in [1.165, 1.54) is 0 Å². The van der Waals surface area contributed by atoms with E-state index in [1.54, 1.807) is 25.3 Å². The first-order chi connectivity index (χ1) is 13.1. The third-order valence-corrected chi connectivity index (χ3v) is 4.98. The molecule has 6 heteroatoms. The maximum absolute atomic E-state index is 12.8. The summed E-state index contributed by atoms with van der Waals surface area (Å²) in [5, 5.41) is 6.76. The van der Waals surface area contributed by atoms with E-state index >= 15 is 0 Å². The van der Waals surface area contributed by atoms with Crippen molar-refractivity contribution < 1.29 is 18.7 Å². The lowest BCUT2D eigenvalue weighted by atomic mass is 9.89. The minimum Gasteiger partial charge on any atom is -0.497 e. The zero-order valence-electron chi connectivity index (χ0n) is 15.2. The molecule has 0 fully saturated rings. The number of furan rings is 1. The predicted molar refractivity (Wildman–Crippen MR) is 102 cm³/mol. The number of amides is 2. The van der Waals surface area contributed by atoms with Crippen LogP contribution < -0.4 is 15.4 Å². The average Bonchev–Trinajstić information content (AvgIpc) is 3.01. The molecule has 2 heterocycles. The fourth-order valence-electron chi connectivity index (χ4n) is 3.48. The Kier molecular flexibility index (Phi) is 4.32. The largest absolute Gasteiger partial charge is 0.497 e. The van der Waals surface area contributed by atoms with Gasteiger partial charge in [-0.05, 0) is 36.8 Å². The van der Waals surface area contributed by atoms with Crippen LogP contribution in [0.2, 0.25) is 0 Å². The maximum atomic E-state index is 12.8. The minimum absolute atomic E-state index is 0.102. The Labute approximate surface area is 156 Å². The van der Waals surface area contributed by atoms with E-state index in [9.17, 15) is 9.59 Å². The molecule has 138 valence electrons. The topological polar surface area (TPSA) is 80.6 Å². The average molecular weight is 364 g/mol. The van der Waals surface area contributed by atoms with Crippen LogP contribution >= 0.6 is 0 Å². The summed E-state index contributed by atoms with van der Waals surface area (Å²) >= 11 is 0. The Balaban J connectivity index is 1.56. The van der Waals surface area contributed by atoms with Crippen molar-refractivity contribution in [1.82, 2.24) is 5.32 Å². The van der Waals surface area contributed by atoms with Gasteiger partial charge in [0.1, 0.15) is 17.1 Å². The number of ether oxygens (including phenoxy) is 1. The Bertz CT molecular complexity index is 1040. The van der Waals surface area contributed by atoms with Gasteiger partial charge in [0.2, 0.25) is 11.8 Å². The van der Waals surface area contributed by atoms with Crippen molar-refractivity contribution in [1.29, 1.82) is 0 Å². The maximum Gasteiger partial charge on any atom is 0.228 e. The molecule has 0 saturated heterocycles. The van der Waals surface area contributed by atoms with Gasteiger partial charge in [0, 0.05) is 23.1 Å². The number of anilines is 1. The van der Waals surface area contributed by atoms with Crippen LogP contribution in [0.25, 0.3) is 11.0 Å². The highest BCUT2D eigenvalue weighted by atomic mass is 16.5. The lowest BCUT2D eigenvalue weighted by molar-refractivity contribution is -0.126. The predicted octanol–water partition coefficient (Wildman–Crippen LogP) is 3.49. The van der Waals surface area contributed by atoms with Crippen molar-refractivity contribution in [3.8, 4) is 5.75 Å². The molecular weight excluding hydrogens is 344 g/mol. The first-order valence-electron chi connectivity index (χ1n) is 8.79. The van der Waals surface area contributed by atoms with Gasteiger partial charge in [0.25, 0.3) is 0 Å². The van der Waals surface area contributed by atoms with Gasteiger partial charge in [0.15, 0.2) is 0 Å². The summed E-state index contributed by atoms with van der Waals surface area (Å²) in [6, 6.07) is 13.1. The number of para-hydroxylation sites is 1. The Morgan fingerprint density at radius 1 is 1.30 bits per heavy atom. The third kappa shape index (κ3) is 3.14. The fraction of sp³-hybridized carbons (Fsp3) is 0.238. The molecule has 1 aromatic heterocycles. The summed E-state index contributed by atoms with van der Waals surface area (Å²) in [6.07, 6.45) is 0.102. The van der Waals surface area contributed by atoms with Crippen molar-refractivity contribution >= 4 is 28.5 Å². The number of methoxy groups -OCH3 is 1. The van der Waals surface area contributed by atoms with E-state index in [-0.39, 0.29) is 24.8 Å². The number of rotatable bonds is 4. The standard InChI is InChI=1S/C21H20N2O4/c1-12-14-5-3-4-6-18(14)27-19(12)11-22-21(25)16-10-20(24)23-17-8-7-13(26-2)9-15(16)17/h3-9,16H,10-11H2,1-2H3,(H,22,25)(H,23,24). The van der Waals surface area contributed by atoms with E-state index in [4.69, 9.17) is 9.15 Å². The van der Waals surface area contributed by atoms with Crippen molar-refractivity contribution in [2.24, 2.45) is 0 Å². The van der Waals surface area contributed by atoms with Crippen molar-refractivity contribution in [2.75, 3.05) is 12.4 Å². The molecule has 1 aliphatic rings. The molecule has 2 N–H and O–H groups in total. The normalized spacial score (nSPS) is 15.9. The smallest absolute Gasteiger partial charge is 0.228 e. The third-order valence-electron chi connectivity index (χ3n) is 4.98. The van der Waals surface area contributed by atoms with Crippen molar-refractivity contribution in [3.63, 3.8) is 0 Å². The summed E-state index contributed by atoms with van der Waals surface area (Å²) in [5.74, 6) is 0.423. The van der Waals surface area contributed by atoms with Crippen LogP contribution in [-0.2, 0) is 16.1 Å². The van der Waals surface area contributed by atoms with E-state index in [1.807, 2.05) is 31.2 Å². The quantitative estimate of drug-likeness (QED) is 0.743. The van der Waals surface area contributed by atoms with Crippen LogP contribution in [0.15, 0.2) is 46.9 Å². The summed E-state index contributed by atoms with van der Waals surface area (Å²) in [6.45, 7) is 2.25. The van der Waals surface area contributed by atoms with Crippen LogP contribution in [0.1, 0.15) is 29.2 Å². The van der Waals surface area contributed by atoms with Crippen LogP contribution in [0, 0.1) is 6.92 Å². The number of benzene rings is 2. The molecule has 0 radical (unpaired) electrons. The Morgan fingerprint density at radius 2 is 2.11 bits per heavy atom. The van der Waals surface area contributed by atoms with Crippen LogP contribution in [0.4, 0.5) is 5.69 Å². The zero-order chi connectivity index (χ0) is 19.0. The molecule has 0 spiro atoms. The lowest BCUT2D eigenvalue weighted by Gasteiger charge is -2.25. The summed E-state index contributed by atoms with van der Waals surface area (Å²) in [4.78, 5) is 24.8. The molecule has 4 rings (SSSR count). The van der Waals surface area contributed by atoms with Gasteiger partial charge >= 0.3 is 0 Å². The first kappa shape index (κ1) is 17.1. The van der Waals surface area contributed by atoms with E-state index in [0.717, 1.165) is 27.9 Å². The lowest BCUT2D eigenvalue weighted by Crippen LogP contribution is -2.34. The number of aryl methyl sites for hydroxylation is 1. The van der Waals surface area contributed by atoms with Crippen LogP contribution in [0.5, 0.6) is 5.75 Å². The first-order valence-corrected chi connectivity index (χ1v) is 8.79. The van der Waals surface area contributed by atoms with Gasteiger partial charge in [-0.3, -0.25) is 9.59 Å². The van der Waals surface area contributed by atoms with Gasteiger partial charge in [-0.25, -0.2) is 0 Å². The molecule has 27 heavy (non-hydrogen) atoms. The van der Waals surface area contributed by atoms with Gasteiger partial charge in [-0.15, -0.1) is 0 Å². The number of carbonyl (C=O) groups excluding carboxylic acids is 2. The van der Waals surface area contributed by atoms with Crippen molar-refractivity contribution in [2.45, 2.75) is 25.8 Å². The van der Waals surface area contributed by atoms with Crippen LogP contribution in [0.3, 0.4) is 0 Å². The monoisotopic (exact) mass is 364 g/mol. The number of fused-ring (bicyclic) bond motifs is 2. The fourth-order valence-corrected chi connectivity index (χ4v) is 3.48. The molecule has 0 aliphatic carbocycles. The highest BCUT2D eigenvalue weighted by Crippen LogP contribution is 2.35. The van der Waals surface area contributed by atoms with Gasteiger partial charge in [-0.1, -0.05) is 18.2 Å². The molecule has 0 saturated carbocycles. The summed E-state index contributed by atoms with van der Waals surface area (Å²) < 4.78 is 11.1. The molecular formula is C21H20N2O4. The second-order valence-electron chi connectivity index (χ2n) is 6.62. The highest BCUT2D eigenvalue weighted by molar-refractivity contribution is 6.01. The number of carbonyl (C=O) groups is 2. The van der Waals surface area contributed by atoms with Gasteiger partial charge < -0.3 is 19.8 Å². The molecule has 6 nitrogen and oxygen atoms in total. The van der Waals surface area contributed by atoms with E-state index < -0.39 is 5.92 Å². The minimum atomic E-state index is -0.562. The highest BCUT2D eigenvalue weighted by Gasteiger charge is 2.31. The number of hydrogen-bond acceptors (Lipinski definition) is 4. The zero-order valence-corrected chi connectivity index (χ0v) is 15.2. The molecule has 2 aromatic carbocycles. The second-order valence-corrected chi connectivity index (χ2v) is 6.62.